The summed E-state index contributed by atoms with van der Waals surface area (Å²) in [5.41, 5.74) is 0. The van der Waals surface area contributed by atoms with Crippen molar-refractivity contribution in [2.75, 3.05) is 19.8 Å². The summed E-state index contributed by atoms with van der Waals surface area (Å²) in [6.07, 6.45) is 13.6. The Morgan fingerprint density at radius 1 is 1.00 bits per heavy atom. The average Bonchev–Trinajstić information content (AvgIpc) is 2.95. The minimum absolute atomic E-state index is 0.0973. The average molecular weight is 359 g/mol. The first-order chi connectivity index (χ1) is 12.2. The first kappa shape index (κ1) is 22.6. The van der Waals surface area contributed by atoms with Crippen molar-refractivity contribution in [2.45, 2.75) is 95.5 Å². The molecule has 148 valence electrons. The van der Waals surface area contributed by atoms with Crippen LogP contribution in [0.25, 0.3) is 0 Å². The van der Waals surface area contributed by atoms with Gasteiger partial charge < -0.3 is 24.8 Å². The van der Waals surface area contributed by atoms with Gasteiger partial charge in [-0.1, -0.05) is 57.6 Å². The fraction of sp³-hybridized carbons (Fsp3) is 0.900. The molecule has 1 heterocycles. The Balaban J connectivity index is 1.92. The lowest BCUT2D eigenvalue weighted by Gasteiger charge is -2.24. The zero-order chi connectivity index (χ0) is 18.3. The minimum atomic E-state index is -0.978. The van der Waals surface area contributed by atoms with E-state index in [-0.39, 0.29) is 13.2 Å². The van der Waals surface area contributed by atoms with E-state index in [1.165, 1.54) is 51.4 Å². The molecule has 5 nitrogen and oxygen atoms in total. The summed E-state index contributed by atoms with van der Waals surface area (Å²) in [6.45, 7) is 2.65. The van der Waals surface area contributed by atoms with Gasteiger partial charge in [-0.3, -0.25) is 0 Å². The standard InChI is InChI=1S/C20H38O5/c1-2-3-4-5-6-7-8-9-10-11-12-13-14-24-18(15-21)20-19(23)17(22)16-25-20/h4-5,17-23H,2-3,6-16H2,1H3/b5-4+/t17-,18+,19-,20-/m1/s1. The van der Waals surface area contributed by atoms with E-state index in [9.17, 15) is 15.3 Å². The summed E-state index contributed by atoms with van der Waals surface area (Å²) in [7, 11) is 0. The molecule has 0 saturated carbocycles. The molecule has 1 fully saturated rings. The number of aliphatic hydroxyl groups is 3. The van der Waals surface area contributed by atoms with Gasteiger partial charge in [0.25, 0.3) is 0 Å². The summed E-state index contributed by atoms with van der Waals surface area (Å²) in [6, 6.07) is 0. The molecule has 5 heteroatoms. The maximum Gasteiger partial charge on any atom is 0.114 e. The topological polar surface area (TPSA) is 79.2 Å². The van der Waals surface area contributed by atoms with Crippen LogP contribution >= 0.6 is 0 Å². The van der Waals surface area contributed by atoms with Gasteiger partial charge in [-0.2, -0.15) is 0 Å². The van der Waals surface area contributed by atoms with E-state index in [1.54, 1.807) is 0 Å². The van der Waals surface area contributed by atoms with Crippen molar-refractivity contribution < 1.29 is 24.8 Å². The summed E-state index contributed by atoms with van der Waals surface area (Å²) in [5, 5.41) is 28.7. The molecule has 1 aliphatic rings. The highest BCUT2D eigenvalue weighted by Gasteiger charge is 2.40. The number of allylic oxidation sites excluding steroid dienone is 2. The third-order valence-electron chi connectivity index (χ3n) is 4.71. The van der Waals surface area contributed by atoms with Crippen molar-refractivity contribution in [1.82, 2.24) is 0 Å². The van der Waals surface area contributed by atoms with Crippen LogP contribution in [-0.4, -0.2) is 59.6 Å². The van der Waals surface area contributed by atoms with E-state index in [4.69, 9.17) is 9.47 Å². The highest BCUT2D eigenvalue weighted by atomic mass is 16.6. The first-order valence-corrected chi connectivity index (χ1v) is 10.1. The quantitative estimate of drug-likeness (QED) is 0.310. The minimum Gasteiger partial charge on any atom is -0.394 e. The number of ether oxygens (including phenoxy) is 2. The van der Waals surface area contributed by atoms with Crippen LogP contribution in [0.5, 0.6) is 0 Å². The molecule has 0 aromatic heterocycles. The van der Waals surface area contributed by atoms with Crippen LogP contribution in [0.2, 0.25) is 0 Å². The number of aliphatic hydroxyl groups excluding tert-OH is 3. The Labute approximate surface area is 153 Å². The van der Waals surface area contributed by atoms with Crippen LogP contribution in [0.4, 0.5) is 0 Å². The Morgan fingerprint density at radius 2 is 1.64 bits per heavy atom. The summed E-state index contributed by atoms with van der Waals surface area (Å²) in [4.78, 5) is 0. The van der Waals surface area contributed by atoms with Gasteiger partial charge in [-0.05, 0) is 25.7 Å². The molecule has 0 aromatic carbocycles. The zero-order valence-electron chi connectivity index (χ0n) is 15.8. The molecule has 1 saturated heterocycles. The van der Waals surface area contributed by atoms with Gasteiger partial charge in [0.05, 0.1) is 13.2 Å². The fourth-order valence-corrected chi connectivity index (χ4v) is 3.09. The lowest BCUT2D eigenvalue weighted by atomic mass is 10.1. The lowest BCUT2D eigenvalue weighted by molar-refractivity contribution is -0.101. The molecule has 0 radical (unpaired) electrons. The number of hydrogen-bond acceptors (Lipinski definition) is 5. The zero-order valence-corrected chi connectivity index (χ0v) is 15.8. The molecule has 0 aromatic rings. The van der Waals surface area contributed by atoms with Crippen molar-refractivity contribution >= 4 is 0 Å². The molecule has 4 atom stereocenters. The van der Waals surface area contributed by atoms with E-state index in [0.29, 0.717) is 6.61 Å². The van der Waals surface area contributed by atoms with Crippen LogP contribution in [0, 0.1) is 0 Å². The Hall–Kier alpha value is -0.460. The molecule has 0 aliphatic carbocycles. The third-order valence-corrected chi connectivity index (χ3v) is 4.71. The van der Waals surface area contributed by atoms with Crippen molar-refractivity contribution in [1.29, 1.82) is 0 Å². The van der Waals surface area contributed by atoms with Gasteiger partial charge in [-0.15, -0.1) is 0 Å². The lowest BCUT2D eigenvalue weighted by Crippen LogP contribution is -2.42. The van der Waals surface area contributed by atoms with Gasteiger partial charge in [0.2, 0.25) is 0 Å². The van der Waals surface area contributed by atoms with E-state index >= 15 is 0 Å². The normalized spacial score (nSPS) is 25.0. The maximum absolute atomic E-state index is 9.79. The molecule has 0 spiro atoms. The third kappa shape index (κ3) is 9.71. The van der Waals surface area contributed by atoms with Gasteiger partial charge in [-0.25, -0.2) is 0 Å². The predicted octanol–water partition coefficient (Wildman–Crippen LogP) is 2.96. The van der Waals surface area contributed by atoms with Crippen LogP contribution in [0.15, 0.2) is 12.2 Å². The number of unbranched alkanes of at least 4 members (excludes halogenated alkanes) is 8. The van der Waals surface area contributed by atoms with E-state index in [0.717, 1.165) is 12.8 Å². The SMILES string of the molecule is CCC/C=C/CCCCCCCCCO[C@@H](CO)[C@H]1OC[C@@H](O)[C@H]1O. The van der Waals surface area contributed by atoms with Gasteiger partial charge >= 0.3 is 0 Å². The Kier molecular flexibility index (Phi) is 13.3. The molecule has 25 heavy (non-hydrogen) atoms. The van der Waals surface area contributed by atoms with Gasteiger partial charge in [0.1, 0.15) is 24.4 Å². The van der Waals surface area contributed by atoms with Crippen molar-refractivity contribution in [2.24, 2.45) is 0 Å². The van der Waals surface area contributed by atoms with Crippen LogP contribution in [-0.2, 0) is 9.47 Å². The second-order valence-electron chi connectivity index (χ2n) is 6.97. The smallest absolute Gasteiger partial charge is 0.114 e. The van der Waals surface area contributed by atoms with Crippen molar-refractivity contribution in [3.05, 3.63) is 12.2 Å². The summed E-state index contributed by atoms with van der Waals surface area (Å²) >= 11 is 0. The maximum atomic E-state index is 9.79. The number of rotatable bonds is 15. The molecule has 0 amide bonds. The second kappa shape index (κ2) is 14.7. The first-order valence-electron chi connectivity index (χ1n) is 10.1. The van der Waals surface area contributed by atoms with Crippen molar-refractivity contribution in [3.63, 3.8) is 0 Å². The van der Waals surface area contributed by atoms with Crippen LogP contribution < -0.4 is 0 Å². The molecule has 1 rings (SSSR count). The Bertz CT molecular complexity index is 334. The molecular weight excluding hydrogens is 320 g/mol. The highest BCUT2D eigenvalue weighted by molar-refractivity contribution is 4.88. The van der Waals surface area contributed by atoms with E-state index in [2.05, 4.69) is 19.1 Å². The van der Waals surface area contributed by atoms with Crippen LogP contribution in [0.3, 0.4) is 0 Å². The fourth-order valence-electron chi connectivity index (χ4n) is 3.09. The summed E-state index contributed by atoms with van der Waals surface area (Å²) in [5.74, 6) is 0. The monoisotopic (exact) mass is 358 g/mol. The summed E-state index contributed by atoms with van der Waals surface area (Å²) < 4.78 is 10.9. The molecule has 3 N–H and O–H groups in total. The van der Waals surface area contributed by atoms with E-state index in [1.807, 2.05) is 0 Å². The second-order valence-corrected chi connectivity index (χ2v) is 6.97. The van der Waals surface area contributed by atoms with Gasteiger partial charge in [0, 0.05) is 6.61 Å². The predicted molar refractivity (Wildman–Crippen MR) is 99.6 cm³/mol. The highest BCUT2D eigenvalue weighted by Crippen LogP contribution is 2.20. The largest absolute Gasteiger partial charge is 0.394 e. The Morgan fingerprint density at radius 3 is 2.24 bits per heavy atom. The van der Waals surface area contributed by atoms with Crippen LogP contribution in [0.1, 0.15) is 71.1 Å². The van der Waals surface area contributed by atoms with Gasteiger partial charge in [0.15, 0.2) is 0 Å². The van der Waals surface area contributed by atoms with Crippen molar-refractivity contribution in [3.8, 4) is 0 Å². The van der Waals surface area contributed by atoms with E-state index < -0.39 is 24.4 Å². The number of hydrogen-bond donors (Lipinski definition) is 3. The molecule has 1 aliphatic heterocycles. The molecule has 0 bridgehead atoms. The molecular formula is C20H38O5. The molecule has 0 unspecified atom stereocenters.